The monoisotopic (exact) mass is 475 g/mol. The number of nitrogens with one attached hydrogen (secondary N) is 1. The SMILES string of the molecule is COc1ccc(/C=C/C(=O)Nc2ncc(S(=O)(=O)c3ccc([N+](=O)[O-])cc3)s2)cc1OC. The summed E-state index contributed by atoms with van der Waals surface area (Å²) in [4.78, 5) is 26.1. The molecule has 10 nitrogen and oxygen atoms in total. The number of ether oxygens (including phenoxy) is 2. The lowest BCUT2D eigenvalue weighted by molar-refractivity contribution is -0.384. The van der Waals surface area contributed by atoms with Gasteiger partial charge in [0, 0.05) is 18.2 Å². The molecule has 0 unspecified atom stereocenters. The summed E-state index contributed by atoms with van der Waals surface area (Å²) in [5.74, 6) is 0.558. The summed E-state index contributed by atoms with van der Waals surface area (Å²) in [7, 11) is -0.906. The molecular weight excluding hydrogens is 458 g/mol. The van der Waals surface area contributed by atoms with Crippen LogP contribution in [0.4, 0.5) is 10.8 Å². The Balaban J connectivity index is 1.71. The molecular formula is C20H17N3O7S2. The van der Waals surface area contributed by atoms with Crippen LogP contribution in [0.2, 0.25) is 0 Å². The summed E-state index contributed by atoms with van der Waals surface area (Å²) in [5.41, 5.74) is 0.473. The zero-order chi connectivity index (χ0) is 23.3. The standard InChI is InChI=1S/C20H17N3O7S2/c1-29-16-9-3-13(11-17(16)30-2)4-10-18(24)22-20-21-12-19(31-20)32(27,28)15-7-5-14(6-8-15)23(25)26/h3-12H,1-2H3,(H,21,22,24)/b10-4+. The predicted octanol–water partition coefficient (Wildman–Crippen LogP) is 3.55. The number of carbonyl (C=O) groups excluding carboxylic acids is 1. The van der Waals surface area contributed by atoms with Gasteiger partial charge in [-0.05, 0) is 35.9 Å². The molecule has 0 aliphatic rings. The van der Waals surface area contributed by atoms with E-state index in [-0.39, 0.29) is 19.9 Å². The second kappa shape index (κ2) is 9.58. The molecule has 32 heavy (non-hydrogen) atoms. The van der Waals surface area contributed by atoms with Crippen molar-refractivity contribution in [2.45, 2.75) is 9.10 Å². The molecule has 0 bridgehead atoms. The number of amides is 1. The lowest BCUT2D eigenvalue weighted by Gasteiger charge is -2.07. The van der Waals surface area contributed by atoms with Gasteiger partial charge in [0.05, 0.1) is 30.2 Å². The van der Waals surface area contributed by atoms with Crippen molar-refractivity contribution in [1.82, 2.24) is 4.98 Å². The third kappa shape index (κ3) is 5.10. The number of rotatable bonds is 8. The number of carbonyl (C=O) groups is 1. The molecule has 3 aromatic rings. The number of nitrogens with zero attached hydrogens (tertiary/aromatic N) is 2. The van der Waals surface area contributed by atoms with E-state index in [1.807, 2.05) is 0 Å². The molecule has 0 atom stereocenters. The highest BCUT2D eigenvalue weighted by atomic mass is 32.2. The van der Waals surface area contributed by atoms with Crippen molar-refractivity contribution in [3.63, 3.8) is 0 Å². The molecule has 0 radical (unpaired) electrons. The van der Waals surface area contributed by atoms with Crippen molar-refractivity contribution in [3.8, 4) is 11.5 Å². The van der Waals surface area contributed by atoms with Gasteiger partial charge in [-0.15, -0.1) is 0 Å². The molecule has 3 rings (SSSR count). The first-order valence-corrected chi connectivity index (χ1v) is 11.2. The summed E-state index contributed by atoms with van der Waals surface area (Å²) in [6.45, 7) is 0. The smallest absolute Gasteiger partial charge is 0.269 e. The average molecular weight is 476 g/mol. The number of anilines is 1. The molecule has 1 aromatic heterocycles. The number of thiazole rings is 1. The highest BCUT2D eigenvalue weighted by Gasteiger charge is 2.22. The van der Waals surface area contributed by atoms with E-state index in [0.717, 1.165) is 41.8 Å². The molecule has 1 amide bonds. The van der Waals surface area contributed by atoms with Gasteiger partial charge in [-0.25, -0.2) is 13.4 Å². The van der Waals surface area contributed by atoms with E-state index in [9.17, 15) is 23.3 Å². The Morgan fingerprint density at radius 2 is 1.81 bits per heavy atom. The van der Waals surface area contributed by atoms with E-state index in [4.69, 9.17) is 9.47 Å². The highest BCUT2D eigenvalue weighted by Crippen LogP contribution is 2.30. The Morgan fingerprint density at radius 3 is 2.44 bits per heavy atom. The third-order valence-corrected chi connectivity index (χ3v) is 7.32. The minimum absolute atomic E-state index is 0.0902. The van der Waals surface area contributed by atoms with Crippen LogP contribution in [0.5, 0.6) is 11.5 Å². The first-order chi connectivity index (χ1) is 15.2. The van der Waals surface area contributed by atoms with E-state index in [0.29, 0.717) is 17.1 Å². The van der Waals surface area contributed by atoms with Gasteiger partial charge in [0.2, 0.25) is 15.7 Å². The quantitative estimate of drug-likeness (QED) is 0.297. The van der Waals surface area contributed by atoms with Crippen molar-refractivity contribution >= 4 is 44.0 Å². The summed E-state index contributed by atoms with van der Waals surface area (Å²) >= 11 is 0.771. The zero-order valence-corrected chi connectivity index (χ0v) is 18.5. The number of hydrogen-bond acceptors (Lipinski definition) is 9. The van der Waals surface area contributed by atoms with Gasteiger partial charge >= 0.3 is 0 Å². The van der Waals surface area contributed by atoms with Gasteiger partial charge in [-0.1, -0.05) is 17.4 Å². The first kappa shape index (κ1) is 22.9. The van der Waals surface area contributed by atoms with Gasteiger partial charge in [0.25, 0.3) is 5.69 Å². The second-order valence-electron chi connectivity index (χ2n) is 6.18. The fourth-order valence-electron chi connectivity index (χ4n) is 2.58. The van der Waals surface area contributed by atoms with Crippen molar-refractivity contribution < 1.29 is 27.6 Å². The van der Waals surface area contributed by atoms with Crippen molar-refractivity contribution in [3.05, 3.63) is 70.4 Å². The number of benzene rings is 2. The van der Waals surface area contributed by atoms with Crippen LogP contribution in [0, 0.1) is 10.1 Å². The Bertz CT molecular complexity index is 1280. The van der Waals surface area contributed by atoms with Crippen LogP contribution in [0.1, 0.15) is 5.56 Å². The molecule has 1 N–H and O–H groups in total. The van der Waals surface area contributed by atoms with E-state index < -0.39 is 20.7 Å². The Labute approximate surface area is 187 Å². The number of aromatic nitrogens is 1. The topological polar surface area (TPSA) is 138 Å². The molecule has 1 heterocycles. The molecule has 2 aromatic carbocycles. The van der Waals surface area contributed by atoms with Crippen LogP contribution in [-0.4, -0.2) is 38.5 Å². The fourth-order valence-corrected chi connectivity index (χ4v) is 5.02. The Hall–Kier alpha value is -3.77. The molecule has 0 fully saturated rings. The lowest BCUT2D eigenvalue weighted by Crippen LogP contribution is -2.07. The fraction of sp³-hybridized carbons (Fsp3) is 0.100. The minimum atomic E-state index is -3.93. The van der Waals surface area contributed by atoms with Crippen LogP contribution in [0.3, 0.4) is 0 Å². The van der Waals surface area contributed by atoms with Crippen LogP contribution in [0.25, 0.3) is 6.08 Å². The maximum atomic E-state index is 12.7. The van der Waals surface area contributed by atoms with E-state index >= 15 is 0 Å². The summed E-state index contributed by atoms with van der Waals surface area (Å²) in [6.07, 6.45) is 3.95. The number of nitro benzene ring substituents is 1. The highest BCUT2D eigenvalue weighted by molar-refractivity contribution is 7.93. The number of sulfone groups is 1. The van der Waals surface area contributed by atoms with Crippen LogP contribution in [0.15, 0.2) is 63.8 Å². The van der Waals surface area contributed by atoms with Gasteiger partial charge < -0.3 is 9.47 Å². The van der Waals surface area contributed by atoms with Crippen LogP contribution < -0.4 is 14.8 Å². The Kier molecular flexibility index (Phi) is 6.85. The van der Waals surface area contributed by atoms with Gasteiger partial charge in [0.15, 0.2) is 16.6 Å². The number of non-ortho nitro benzene ring substituents is 1. The largest absolute Gasteiger partial charge is 0.493 e. The molecule has 0 aliphatic carbocycles. The zero-order valence-electron chi connectivity index (χ0n) is 16.8. The first-order valence-electron chi connectivity index (χ1n) is 8.91. The van der Waals surface area contributed by atoms with Gasteiger partial charge in [-0.3, -0.25) is 20.2 Å². The predicted molar refractivity (Wildman–Crippen MR) is 118 cm³/mol. The van der Waals surface area contributed by atoms with E-state index in [2.05, 4.69) is 10.3 Å². The second-order valence-corrected chi connectivity index (χ2v) is 9.38. The summed E-state index contributed by atoms with van der Waals surface area (Å²) in [5, 5.41) is 13.3. The van der Waals surface area contributed by atoms with Gasteiger partial charge in [-0.2, -0.15) is 0 Å². The molecule has 0 aliphatic heterocycles. The van der Waals surface area contributed by atoms with Crippen LogP contribution in [-0.2, 0) is 14.6 Å². The molecule has 0 spiro atoms. The van der Waals surface area contributed by atoms with Crippen molar-refractivity contribution in [1.29, 1.82) is 0 Å². The van der Waals surface area contributed by atoms with Crippen LogP contribution >= 0.6 is 11.3 Å². The average Bonchev–Trinajstić information content (AvgIpc) is 3.26. The summed E-state index contributed by atoms with van der Waals surface area (Å²) < 4.78 is 35.6. The number of hydrogen-bond donors (Lipinski definition) is 1. The van der Waals surface area contributed by atoms with Gasteiger partial charge in [0.1, 0.15) is 4.21 Å². The lowest BCUT2D eigenvalue weighted by atomic mass is 10.2. The number of methoxy groups -OCH3 is 2. The maximum Gasteiger partial charge on any atom is 0.269 e. The Morgan fingerprint density at radius 1 is 1.12 bits per heavy atom. The normalized spacial score (nSPS) is 11.3. The maximum absolute atomic E-state index is 12.7. The van der Waals surface area contributed by atoms with E-state index in [1.165, 1.54) is 20.3 Å². The minimum Gasteiger partial charge on any atom is -0.493 e. The molecule has 12 heteroatoms. The summed E-state index contributed by atoms with van der Waals surface area (Å²) in [6, 6.07) is 9.65. The van der Waals surface area contributed by atoms with Crippen molar-refractivity contribution in [2.75, 3.05) is 19.5 Å². The number of nitro groups is 1. The van der Waals surface area contributed by atoms with E-state index in [1.54, 1.807) is 24.3 Å². The molecule has 0 saturated heterocycles. The molecule has 166 valence electrons. The van der Waals surface area contributed by atoms with Crippen molar-refractivity contribution in [2.24, 2.45) is 0 Å². The molecule has 0 saturated carbocycles. The third-order valence-electron chi connectivity index (χ3n) is 4.17.